The summed E-state index contributed by atoms with van der Waals surface area (Å²) < 4.78 is 5.59. The highest BCUT2D eigenvalue weighted by molar-refractivity contribution is 7.15. The summed E-state index contributed by atoms with van der Waals surface area (Å²) in [5.41, 5.74) is 1.09. The third-order valence-electron chi connectivity index (χ3n) is 2.51. The van der Waals surface area contributed by atoms with Crippen LogP contribution in [-0.4, -0.2) is 11.0 Å². The van der Waals surface area contributed by atoms with Crippen LogP contribution < -0.4 is 5.32 Å². The number of thiazole rings is 1. The van der Waals surface area contributed by atoms with Gasteiger partial charge in [0.05, 0.1) is 5.69 Å². The van der Waals surface area contributed by atoms with Gasteiger partial charge in [-0.15, -0.1) is 11.3 Å². The lowest BCUT2D eigenvalue weighted by molar-refractivity contribution is 0.548. The number of hydrogen-bond acceptors (Lipinski definition) is 4. The molecule has 17 heavy (non-hydrogen) atoms. The summed E-state index contributed by atoms with van der Waals surface area (Å²) >= 11 is 1.70. The van der Waals surface area contributed by atoms with Gasteiger partial charge in [0.1, 0.15) is 5.76 Å². The Morgan fingerprint density at radius 3 is 2.71 bits per heavy atom. The summed E-state index contributed by atoms with van der Waals surface area (Å²) in [6, 6.07) is 4.44. The Balaban J connectivity index is 2.18. The molecule has 0 aromatic carbocycles. The highest BCUT2D eigenvalue weighted by atomic mass is 32.1. The molecule has 2 rings (SSSR count). The van der Waals surface area contributed by atoms with Crippen molar-refractivity contribution >= 4 is 11.3 Å². The van der Waals surface area contributed by atoms with Crippen molar-refractivity contribution in [3.8, 4) is 10.8 Å². The zero-order valence-corrected chi connectivity index (χ0v) is 11.5. The van der Waals surface area contributed by atoms with Crippen LogP contribution in [0.3, 0.4) is 0 Å². The van der Waals surface area contributed by atoms with E-state index in [0.29, 0.717) is 6.04 Å². The maximum Gasteiger partial charge on any atom is 0.162 e. The molecule has 0 aliphatic rings. The molecule has 0 atom stereocenters. The largest absolute Gasteiger partial charge is 0.459 e. The van der Waals surface area contributed by atoms with E-state index < -0.39 is 0 Å². The number of nitrogens with zero attached hydrogens (tertiary/aromatic N) is 1. The van der Waals surface area contributed by atoms with Crippen LogP contribution in [0, 0.1) is 13.8 Å². The maximum atomic E-state index is 5.59. The second kappa shape index (κ2) is 5.02. The van der Waals surface area contributed by atoms with Crippen molar-refractivity contribution in [2.24, 2.45) is 0 Å². The SMILES string of the molecule is Cc1ccc(-c2nc(C)c(CNC(C)C)s2)o1. The van der Waals surface area contributed by atoms with Gasteiger partial charge in [-0.25, -0.2) is 4.98 Å². The van der Waals surface area contributed by atoms with Gasteiger partial charge in [-0.05, 0) is 26.0 Å². The Labute approximate surface area is 106 Å². The fourth-order valence-corrected chi connectivity index (χ4v) is 2.52. The lowest BCUT2D eigenvalue weighted by Gasteiger charge is -2.05. The maximum absolute atomic E-state index is 5.59. The average Bonchev–Trinajstić information content (AvgIpc) is 2.82. The van der Waals surface area contributed by atoms with Crippen LogP contribution in [0.4, 0.5) is 0 Å². The zero-order valence-electron chi connectivity index (χ0n) is 10.7. The second-order valence-electron chi connectivity index (χ2n) is 4.47. The molecule has 0 unspecified atom stereocenters. The minimum atomic E-state index is 0.491. The third-order valence-corrected chi connectivity index (χ3v) is 3.69. The quantitative estimate of drug-likeness (QED) is 0.902. The van der Waals surface area contributed by atoms with Crippen molar-refractivity contribution in [1.82, 2.24) is 10.3 Å². The molecular weight excluding hydrogens is 232 g/mol. The van der Waals surface area contributed by atoms with Crippen molar-refractivity contribution in [1.29, 1.82) is 0 Å². The van der Waals surface area contributed by atoms with E-state index in [1.165, 1.54) is 4.88 Å². The Morgan fingerprint density at radius 1 is 1.35 bits per heavy atom. The molecule has 0 bridgehead atoms. The molecule has 1 N–H and O–H groups in total. The zero-order chi connectivity index (χ0) is 12.4. The van der Waals surface area contributed by atoms with Gasteiger partial charge in [0, 0.05) is 17.5 Å². The van der Waals surface area contributed by atoms with Crippen LogP contribution in [-0.2, 0) is 6.54 Å². The summed E-state index contributed by atoms with van der Waals surface area (Å²) in [5.74, 6) is 1.79. The normalized spacial score (nSPS) is 11.4. The number of aryl methyl sites for hydroxylation is 2. The topological polar surface area (TPSA) is 38.1 Å². The monoisotopic (exact) mass is 250 g/mol. The lowest BCUT2D eigenvalue weighted by Crippen LogP contribution is -2.21. The van der Waals surface area contributed by atoms with Crippen LogP contribution in [0.25, 0.3) is 10.8 Å². The Morgan fingerprint density at radius 2 is 2.12 bits per heavy atom. The van der Waals surface area contributed by atoms with Crippen LogP contribution >= 0.6 is 11.3 Å². The number of aromatic nitrogens is 1. The minimum Gasteiger partial charge on any atom is -0.459 e. The predicted octanol–water partition coefficient (Wildman–Crippen LogP) is 3.52. The third kappa shape index (κ3) is 2.96. The predicted molar refractivity (Wildman–Crippen MR) is 71.3 cm³/mol. The number of nitrogens with one attached hydrogen (secondary N) is 1. The van der Waals surface area contributed by atoms with E-state index >= 15 is 0 Å². The lowest BCUT2D eigenvalue weighted by atomic mass is 10.3. The molecule has 0 saturated carbocycles. The Hall–Kier alpha value is -1.13. The van der Waals surface area contributed by atoms with Gasteiger partial charge in [-0.2, -0.15) is 0 Å². The summed E-state index contributed by atoms with van der Waals surface area (Å²) in [7, 11) is 0. The smallest absolute Gasteiger partial charge is 0.162 e. The van der Waals surface area contributed by atoms with E-state index in [1.54, 1.807) is 11.3 Å². The van der Waals surface area contributed by atoms with E-state index in [-0.39, 0.29) is 0 Å². The first-order valence-corrected chi connectivity index (χ1v) is 6.64. The van der Waals surface area contributed by atoms with Crippen LogP contribution in [0.5, 0.6) is 0 Å². The molecule has 0 aliphatic carbocycles. The van der Waals surface area contributed by atoms with Gasteiger partial charge in [0.15, 0.2) is 10.8 Å². The van der Waals surface area contributed by atoms with Crippen LogP contribution in [0.1, 0.15) is 30.2 Å². The first kappa shape index (κ1) is 12.3. The highest BCUT2D eigenvalue weighted by Gasteiger charge is 2.12. The minimum absolute atomic E-state index is 0.491. The number of furan rings is 1. The average molecular weight is 250 g/mol. The molecule has 0 radical (unpaired) electrons. The number of hydrogen-bond donors (Lipinski definition) is 1. The first-order valence-electron chi connectivity index (χ1n) is 5.82. The van der Waals surface area contributed by atoms with Crippen molar-refractivity contribution in [2.75, 3.05) is 0 Å². The molecule has 2 heterocycles. The molecule has 3 nitrogen and oxygen atoms in total. The molecular formula is C13H18N2OS. The van der Waals surface area contributed by atoms with E-state index in [0.717, 1.165) is 28.8 Å². The molecule has 2 aromatic heterocycles. The van der Waals surface area contributed by atoms with Crippen molar-refractivity contribution in [3.05, 3.63) is 28.5 Å². The fraction of sp³-hybridized carbons (Fsp3) is 0.462. The second-order valence-corrected chi connectivity index (χ2v) is 5.56. The van der Waals surface area contributed by atoms with E-state index in [1.807, 2.05) is 26.0 Å². The molecule has 92 valence electrons. The highest BCUT2D eigenvalue weighted by Crippen LogP contribution is 2.29. The summed E-state index contributed by atoms with van der Waals surface area (Å²) in [6.07, 6.45) is 0. The van der Waals surface area contributed by atoms with Crippen molar-refractivity contribution in [2.45, 2.75) is 40.3 Å². The van der Waals surface area contributed by atoms with Gasteiger partial charge < -0.3 is 9.73 Å². The van der Waals surface area contributed by atoms with Gasteiger partial charge in [-0.1, -0.05) is 13.8 Å². The summed E-state index contributed by atoms with van der Waals surface area (Å²) in [5, 5.41) is 4.38. The molecule has 2 aromatic rings. The van der Waals surface area contributed by atoms with Crippen molar-refractivity contribution in [3.63, 3.8) is 0 Å². The molecule has 0 saturated heterocycles. The summed E-state index contributed by atoms with van der Waals surface area (Å²) in [4.78, 5) is 5.84. The standard InChI is InChI=1S/C13H18N2OS/c1-8(2)14-7-12-10(4)15-13(17-12)11-6-5-9(3)16-11/h5-6,8,14H,7H2,1-4H3. The van der Waals surface area contributed by atoms with Crippen LogP contribution in [0.2, 0.25) is 0 Å². The molecule has 4 heteroatoms. The van der Waals surface area contributed by atoms with Crippen LogP contribution in [0.15, 0.2) is 16.5 Å². The van der Waals surface area contributed by atoms with E-state index in [9.17, 15) is 0 Å². The van der Waals surface area contributed by atoms with Gasteiger partial charge in [-0.3, -0.25) is 0 Å². The van der Waals surface area contributed by atoms with Gasteiger partial charge >= 0.3 is 0 Å². The molecule has 0 amide bonds. The van der Waals surface area contributed by atoms with Gasteiger partial charge in [0.25, 0.3) is 0 Å². The Bertz CT molecular complexity index is 499. The summed E-state index contributed by atoms with van der Waals surface area (Å²) in [6.45, 7) is 9.17. The molecule has 0 spiro atoms. The van der Waals surface area contributed by atoms with Gasteiger partial charge in [0.2, 0.25) is 0 Å². The van der Waals surface area contributed by atoms with Crippen molar-refractivity contribution < 1.29 is 4.42 Å². The first-order chi connectivity index (χ1) is 8.06. The fourth-order valence-electron chi connectivity index (χ4n) is 1.54. The van der Waals surface area contributed by atoms with E-state index in [2.05, 4.69) is 24.1 Å². The molecule has 0 aliphatic heterocycles. The van der Waals surface area contributed by atoms with E-state index in [4.69, 9.17) is 4.42 Å². The Kier molecular flexibility index (Phi) is 3.64. The number of rotatable bonds is 4. The molecule has 0 fully saturated rings.